The maximum atomic E-state index is 5.55. The minimum Gasteiger partial charge on any atom is -0.446 e. The SMILES string of the molecule is Cc1ccc(N(C)CC(C)CN)o1. The summed E-state index contributed by atoms with van der Waals surface area (Å²) in [5.41, 5.74) is 5.55. The van der Waals surface area contributed by atoms with Gasteiger partial charge in [-0.3, -0.25) is 0 Å². The van der Waals surface area contributed by atoms with Crippen molar-refractivity contribution in [2.75, 3.05) is 25.0 Å². The summed E-state index contributed by atoms with van der Waals surface area (Å²) >= 11 is 0. The third-order valence-corrected chi connectivity index (χ3v) is 2.09. The first-order valence-corrected chi connectivity index (χ1v) is 4.61. The van der Waals surface area contributed by atoms with E-state index in [1.165, 1.54) is 0 Å². The Morgan fingerprint density at radius 3 is 2.69 bits per heavy atom. The number of anilines is 1. The molecule has 0 fully saturated rings. The quantitative estimate of drug-likeness (QED) is 0.769. The molecule has 1 rings (SSSR count). The number of furan rings is 1. The highest BCUT2D eigenvalue weighted by Crippen LogP contribution is 2.16. The molecule has 1 unspecified atom stereocenters. The first kappa shape index (κ1) is 10.1. The number of nitrogens with zero attached hydrogens (tertiary/aromatic N) is 1. The summed E-state index contributed by atoms with van der Waals surface area (Å²) in [7, 11) is 2.02. The fourth-order valence-corrected chi connectivity index (χ4v) is 1.26. The van der Waals surface area contributed by atoms with Crippen molar-refractivity contribution in [3.05, 3.63) is 17.9 Å². The summed E-state index contributed by atoms with van der Waals surface area (Å²) in [5.74, 6) is 2.36. The van der Waals surface area contributed by atoms with E-state index in [9.17, 15) is 0 Å². The van der Waals surface area contributed by atoms with E-state index in [1.54, 1.807) is 0 Å². The van der Waals surface area contributed by atoms with Crippen LogP contribution in [0.25, 0.3) is 0 Å². The summed E-state index contributed by atoms with van der Waals surface area (Å²) in [5, 5.41) is 0. The summed E-state index contributed by atoms with van der Waals surface area (Å²) in [6, 6.07) is 3.96. The third kappa shape index (κ3) is 2.77. The first-order valence-electron chi connectivity index (χ1n) is 4.61. The molecular formula is C10H18N2O. The molecule has 0 radical (unpaired) electrons. The zero-order chi connectivity index (χ0) is 9.84. The molecule has 0 aliphatic heterocycles. The van der Waals surface area contributed by atoms with Crippen LogP contribution in [0.1, 0.15) is 12.7 Å². The van der Waals surface area contributed by atoms with Gasteiger partial charge in [0, 0.05) is 19.7 Å². The van der Waals surface area contributed by atoms with Crippen LogP contribution in [-0.4, -0.2) is 20.1 Å². The van der Waals surface area contributed by atoms with E-state index in [4.69, 9.17) is 10.2 Å². The molecule has 0 saturated carbocycles. The van der Waals surface area contributed by atoms with Crippen molar-refractivity contribution in [3.8, 4) is 0 Å². The predicted molar refractivity (Wildman–Crippen MR) is 54.9 cm³/mol. The summed E-state index contributed by atoms with van der Waals surface area (Å²) in [6.45, 7) is 5.73. The van der Waals surface area contributed by atoms with Gasteiger partial charge < -0.3 is 15.1 Å². The van der Waals surface area contributed by atoms with E-state index in [2.05, 4.69) is 11.8 Å². The Morgan fingerprint density at radius 1 is 1.54 bits per heavy atom. The topological polar surface area (TPSA) is 42.4 Å². The molecule has 1 atom stereocenters. The van der Waals surface area contributed by atoms with Crippen molar-refractivity contribution < 1.29 is 4.42 Å². The van der Waals surface area contributed by atoms with Crippen molar-refractivity contribution >= 4 is 5.88 Å². The molecule has 1 aromatic rings. The Hall–Kier alpha value is -0.960. The average Bonchev–Trinajstić information content (AvgIpc) is 2.51. The minimum atomic E-state index is 0.496. The van der Waals surface area contributed by atoms with Crippen LogP contribution < -0.4 is 10.6 Å². The molecule has 0 spiro atoms. The van der Waals surface area contributed by atoms with Crippen LogP contribution in [0, 0.1) is 12.8 Å². The molecule has 0 aromatic carbocycles. The number of rotatable bonds is 4. The second-order valence-electron chi connectivity index (χ2n) is 3.61. The van der Waals surface area contributed by atoms with E-state index in [0.29, 0.717) is 12.5 Å². The molecule has 1 aromatic heterocycles. The van der Waals surface area contributed by atoms with Crippen molar-refractivity contribution in [3.63, 3.8) is 0 Å². The molecular weight excluding hydrogens is 164 g/mol. The normalized spacial score (nSPS) is 12.9. The van der Waals surface area contributed by atoms with Crippen LogP contribution in [0.4, 0.5) is 5.88 Å². The van der Waals surface area contributed by atoms with Gasteiger partial charge >= 0.3 is 0 Å². The highest BCUT2D eigenvalue weighted by atomic mass is 16.4. The largest absolute Gasteiger partial charge is 0.446 e. The molecule has 0 saturated heterocycles. The Bertz CT molecular complexity index is 257. The van der Waals surface area contributed by atoms with Gasteiger partial charge in [0.25, 0.3) is 0 Å². The van der Waals surface area contributed by atoms with Gasteiger partial charge in [-0.25, -0.2) is 0 Å². The summed E-state index contributed by atoms with van der Waals surface area (Å²) in [4.78, 5) is 2.09. The van der Waals surface area contributed by atoms with Gasteiger partial charge in [-0.15, -0.1) is 0 Å². The van der Waals surface area contributed by atoms with Gasteiger partial charge in [0.2, 0.25) is 0 Å². The highest BCUT2D eigenvalue weighted by Gasteiger charge is 2.08. The molecule has 74 valence electrons. The Morgan fingerprint density at radius 2 is 2.23 bits per heavy atom. The Kier molecular flexibility index (Phi) is 3.37. The van der Waals surface area contributed by atoms with Gasteiger partial charge in [-0.1, -0.05) is 6.92 Å². The standard InChI is InChI=1S/C10H18N2O/c1-8(6-11)7-12(3)10-5-4-9(2)13-10/h4-5,8H,6-7,11H2,1-3H3. The number of hydrogen-bond acceptors (Lipinski definition) is 3. The third-order valence-electron chi connectivity index (χ3n) is 2.09. The van der Waals surface area contributed by atoms with Crippen molar-refractivity contribution in [1.82, 2.24) is 0 Å². The lowest BCUT2D eigenvalue weighted by Crippen LogP contribution is -2.27. The van der Waals surface area contributed by atoms with Gasteiger partial charge in [0.1, 0.15) is 5.76 Å². The van der Waals surface area contributed by atoms with Crippen molar-refractivity contribution in [2.24, 2.45) is 11.7 Å². The average molecular weight is 182 g/mol. The molecule has 0 aliphatic carbocycles. The van der Waals surface area contributed by atoms with E-state index < -0.39 is 0 Å². The molecule has 2 N–H and O–H groups in total. The highest BCUT2D eigenvalue weighted by molar-refractivity contribution is 5.34. The number of nitrogens with two attached hydrogens (primary N) is 1. The Labute approximate surface area is 79.5 Å². The maximum absolute atomic E-state index is 5.55. The van der Waals surface area contributed by atoms with Gasteiger partial charge in [0.05, 0.1) is 0 Å². The predicted octanol–water partition coefficient (Wildman–Crippen LogP) is 1.62. The fourth-order valence-electron chi connectivity index (χ4n) is 1.26. The molecule has 0 amide bonds. The van der Waals surface area contributed by atoms with Crippen LogP contribution in [-0.2, 0) is 0 Å². The zero-order valence-corrected chi connectivity index (χ0v) is 8.58. The van der Waals surface area contributed by atoms with E-state index in [-0.39, 0.29) is 0 Å². The van der Waals surface area contributed by atoms with E-state index >= 15 is 0 Å². The van der Waals surface area contributed by atoms with Crippen LogP contribution in [0.5, 0.6) is 0 Å². The second kappa shape index (κ2) is 4.33. The smallest absolute Gasteiger partial charge is 0.195 e. The second-order valence-corrected chi connectivity index (χ2v) is 3.61. The number of hydrogen-bond donors (Lipinski definition) is 1. The summed E-state index contributed by atoms with van der Waals surface area (Å²) in [6.07, 6.45) is 0. The molecule has 3 nitrogen and oxygen atoms in total. The van der Waals surface area contributed by atoms with E-state index in [0.717, 1.165) is 18.2 Å². The monoisotopic (exact) mass is 182 g/mol. The maximum Gasteiger partial charge on any atom is 0.195 e. The molecule has 0 aliphatic rings. The van der Waals surface area contributed by atoms with E-state index in [1.807, 2.05) is 26.1 Å². The van der Waals surface area contributed by atoms with Crippen molar-refractivity contribution in [2.45, 2.75) is 13.8 Å². The molecule has 3 heteroatoms. The van der Waals surface area contributed by atoms with Gasteiger partial charge in [0.15, 0.2) is 5.88 Å². The fraction of sp³-hybridized carbons (Fsp3) is 0.600. The number of aryl methyl sites for hydroxylation is 1. The van der Waals surface area contributed by atoms with Crippen LogP contribution >= 0.6 is 0 Å². The lowest BCUT2D eigenvalue weighted by molar-refractivity contribution is 0.503. The van der Waals surface area contributed by atoms with Gasteiger partial charge in [-0.2, -0.15) is 0 Å². The lowest BCUT2D eigenvalue weighted by atomic mass is 10.2. The molecule has 13 heavy (non-hydrogen) atoms. The lowest BCUT2D eigenvalue weighted by Gasteiger charge is -2.19. The minimum absolute atomic E-state index is 0.496. The van der Waals surface area contributed by atoms with Crippen LogP contribution in [0.15, 0.2) is 16.5 Å². The summed E-state index contributed by atoms with van der Waals surface area (Å²) < 4.78 is 5.48. The van der Waals surface area contributed by atoms with Crippen LogP contribution in [0.2, 0.25) is 0 Å². The van der Waals surface area contributed by atoms with Gasteiger partial charge in [-0.05, 0) is 25.5 Å². The Balaban J connectivity index is 2.53. The molecule has 1 heterocycles. The first-order chi connectivity index (χ1) is 6.13. The van der Waals surface area contributed by atoms with Crippen LogP contribution in [0.3, 0.4) is 0 Å². The van der Waals surface area contributed by atoms with Crippen molar-refractivity contribution in [1.29, 1.82) is 0 Å². The molecule has 0 bridgehead atoms. The zero-order valence-electron chi connectivity index (χ0n) is 8.58.